The Kier molecular flexibility index (Phi) is 6.32. The van der Waals surface area contributed by atoms with Gasteiger partial charge in [-0.1, -0.05) is 6.07 Å². The Morgan fingerprint density at radius 2 is 1.79 bits per heavy atom. The monoisotopic (exact) mass is 529 g/mol. The molecule has 198 valence electrons. The van der Waals surface area contributed by atoms with E-state index in [1.54, 1.807) is 36.5 Å². The summed E-state index contributed by atoms with van der Waals surface area (Å²) >= 11 is 0. The summed E-state index contributed by atoms with van der Waals surface area (Å²) in [6.07, 6.45) is 1.68. The average Bonchev–Trinajstić information content (AvgIpc) is 3.54. The van der Waals surface area contributed by atoms with Gasteiger partial charge in [0.2, 0.25) is 0 Å². The predicted molar refractivity (Wildman–Crippen MR) is 143 cm³/mol. The highest BCUT2D eigenvalue weighted by atomic mass is 19.1. The standard InChI is InChI=1S/C29H25F2N5O3/c1-16-14-32-27(34-16)23-5-4-21(24-15-33-29(38)26(23)24)22-3-2-19(13-25(22)31)35-28(37)17-10-18(30)12-20(11-17)36-6-8-39-9-7-36/h2-5,10-14H,6-9,15H2,1H3,(H,32,34)(H,33,38)(H,35,37). The lowest BCUT2D eigenvalue weighted by Gasteiger charge is -2.29. The number of nitrogens with one attached hydrogen (secondary N) is 3. The van der Waals surface area contributed by atoms with E-state index in [-0.39, 0.29) is 23.7 Å². The quantitative estimate of drug-likeness (QED) is 0.349. The third-order valence-electron chi connectivity index (χ3n) is 6.96. The number of hydrogen-bond acceptors (Lipinski definition) is 5. The fraction of sp³-hybridized carbons (Fsp3) is 0.207. The summed E-state index contributed by atoms with van der Waals surface area (Å²) in [5.74, 6) is -1.32. The van der Waals surface area contributed by atoms with Crippen molar-refractivity contribution in [2.45, 2.75) is 13.5 Å². The molecule has 0 atom stereocenters. The van der Waals surface area contributed by atoms with Crippen LogP contribution in [0.25, 0.3) is 22.5 Å². The minimum Gasteiger partial charge on any atom is -0.378 e. The van der Waals surface area contributed by atoms with Gasteiger partial charge in [0.15, 0.2) is 0 Å². The highest BCUT2D eigenvalue weighted by Crippen LogP contribution is 2.37. The molecule has 3 heterocycles. The number of morpholine rings is 1. The molecular weight excluding hydrogens is 504 g/mol. The molecule has 2 aliphatic rings. The lowest BCUT2D eigenvalue weighted by atomic mass is 9.92. The van der Waals surface area contributed by atoms with Crippen molar-refractivity contribution in [3.63, 3.8) is 0 Å². The van der Waals surface area contributed by atoms with Crippen LogP contribution >= 0.6 is 0 Å². The van der Waals surface area contributed by atoms with Gasteiger partial charge in [0.25, 0.3) is 11.8 Å². The van der Waals surface area contributed by atoms with Gasteiger partial charge in [0.1, 0.15) is 17.5 Å². The maximum absolute atomic E-state index is 15.4. The van der Waals surface area contributed by atoms with Crippen molar-refractivity contribution in [3.8, 4) is 22.5 Å². The maximum Gasteiger partial charge on any atom is 0.255 e. The Hall–Kier alpha value is -4.57. The number of anilines is 2. The molecule has 39 heavy (non-hydrogen) atoms. The number of H-pyrrole nitrogens is 1. The molecular formula is C29H25F2N5O3. The number of carbonyl (C=O) groups excluding carboxylic acids is 2. The van der Waals surface area contributed by atoms with Crippen LogP contribution < -0.4 is 15.5 Å². The van der Waals surface area contributed by atoms with E-state index in [9.17, 15) is 14.0 Å². The molecule has 4 aromatic rings. The molecule has 0 aliphatic carbocycles. The average molecular weight is 530 g/mol. The van der Waals surface area contributed by atoms with Crippen LogP contribution in [0, 0.1) is 18.6 Å². The lowest BCUT2D eigenvalue weighted by molar-refractivity contribution is 0.0965. The van der Waals surface area contributed by atoms with Crippen LogP contribution in [-0.2, 0) is 11.3 Å². The van der Waals surface area contributed by atoms with Crippen molar-refractivity contribution in [2.24, 2.45) is 0 Å². The summed E-state index contributed by atoms with van der Waals surface area (Å²) in [6.45, 7) is 4.40. The number of imidazole rings is 1. The van der Waals surface area contributed by atoms with Crippen molar-refractivity contribution in [1.29, 1.82) is 0 Å². The third kappa shape index (κ3) is 4.74. The Morgan fingerprint density at radius 3 is 2.54 bits per heavy atom. The van der Waals surface area contributed by atoms with Gasteiger partial charge in [-0.25, -0.2) is 13.8 Å². The number of amides is 2. The number of benzene rings is 3. The first kappa shape index (κ1) is 24.7. The fourth-order valence-corrected chi connectivity index (χ4v) is 5.07. The van der Waals surface area contributed by atoms with Crippen LogP contribution in [-0.4, -0.2) is 48.1 Å². The van der Waals surface area contributed by atoms with Gasteiger partial charge in [0, 0.05) is 59.6 Å². The van der Waals surface area contributed by atoms with Gasteiger partial charge < -0.3 is 25.3 Å². The number of hydrogen-bond donors (Lipinski definition) is 3. The van der Waals surface area contributed by atoms with E-state index in [4.69, 9.17) is 4.74 Å². The predicted octanol–water partition coefficient (Wildman–Crippen LogP) is 4.66. The van der Waals surface area contributed by atoms with Gasteiger partial charge in [-0.15, -0.1) is 0 Å². The second kappa shape index (κ2) is 9.95. The van der Waals surface area contributed by atoms with Gasteiger partial charge in [-0.3, -0.25) is 9.59 Å². The van der Waals surface area contributed by atoms with E-state index in [1.165, 1.54) is 12.1 Å². The Bertz CT molecular complexity index is 1610. The van der Waals surface area contributed by atoms with Crippen molar-refractivity contribution in [1.82, 2.24) is 15.3 Å². The Labute approximate surface area is 223 Å². The topological polar surface area (TPSA) is 99.3 Å². The van der Waals surface area contributed by atoms with Gasteiger partial charge in [0.05, 0.1) is 18.8 Å². The zero-order valence-corrected chi connectivity index (χ0v) is 21.1. The van der Waals surface area contributed by atoms with E-state index in [1.807, 2.05) is 11.8 Å². The van der Waals surface area contributed by atoms with Crippen molar-refractivity contribution < 1.29 is 23.1 Å². The Morgan fingerprint density at radius 1 is 1.03 bits per heavy atom. The van der Waals surface area contributed by atoms with E-state index in [2.05, 4.69) is 20.6 Å². The Balaban J connectivity index is 1.27. The number of ether oxygens (including phenoxy) is 1. The van der Waals surface area contributed by atoms with Crippen LogP contribution in [0.3, 0.4) is 0 Å². The van der Waals surface area contributed by atoms with E-state index in [0.29, 0.717) is 65.6 Å². The van der Waals surface area contributed by atoms with E-state index in [0.717, 1.165) is 11.8 Å². The molecule has 1 saturated heterocycles. The van der Waals surface area contributed by atoms with Crippen molar-refractivity contribution in [2.75, 3.05) is 36.5 Å². The highest BCUT2D eigenvalue weighted by molar-refractivity contribution is 6.06. The summed E-state index contributed by atoms with van der Waals surface area (Å²) < 4.78 is 35.1. The first-order chi connectivity index (χ1) is 18.9. The van der Waals surface area contributed by atoms with Gasteiger partial charge in [-0.2, -0.15) is 0 Å². The van der Waals surface area contributed by atoms with Crippen LogP contribution in [0.4, 0.5) is 20.2 Å². The minimum absolute atomic E-state index is 0.132. The number of aromatic amines is 1. The molecule has 1 fully saturated rings. The number of aromatic nitrogens is 2. The third-order valence-corrected chi connectivity index (χ3v) is 6.96. The molecule has 3 aromatic carbocycles. The number of halogens is 2. The number of aryl methyl sites for hydroxylation is 1. The highest BCUT2D eigenvalue weighted by Gasteiger charge is 2.28. The number of rotatable bonds is 5. The van der Waals surface area contributed by atoms with Crippen molar-refractivity contribution >= 4 is 23.2 Å². The molecule has 0 saturated carbocycles. The van der Waals surface area contributed by atoms with Crippen LogP contribution in [0.2, 0.25) is 0 Å². The van der Waals surface area contributed by atoms with E-state index >= 15 is 4.39 Å². The molecule has 0 bridgehead atoms. The summed E-state index contributed by atoms with van der Waals surface area (Å²) in [5.41, 5.74) is 4.47. The zero-order valence-electron chi connectivity index (χ0n) is 21.1. The smallest absolute Gasteiger partial charge is 0.255 e. The zero-order chi connectivity index (χ0) is 27.1. The molecule has 2 amide bonds. The largest absolute Gasteiger partial charge is 0.378 e. The first-order valence-corrected chi connectivity index (χ1v) is 12.6. The molecule has 1 aromatic heterocycles. The summed E-state index contributed by atoms with van der Waals surface area (Å²) in [7, 11) is 0. The molecule has 8 nitrogen and oxygen atoms in total. The molecule has 3 N–H and O–H groups in total. The first-order valence-electron chi connectivity index (χ1n) is 12.6. The molecule has 6 rings (SSSR count). The summed E-state index contributed by atoms with van der Waals surface area (Å²) in [5, 5.41) is 5.48. The van der Waals surface area contributed by atoms with Crippen LogP contribution in [0.15, 0.2) is 54.7 Å². The summed E-state index contributed by atoms with van der Waals surface area (Å²) in [4.78, 5) is 35.0. The number of nitrogens with zero attached hydrogens (tertiary/aromatic N) is 2. The SMILES string of the molecule is Cc1cnc(-c2ccc(-c3ccc(NC(=O)c4cc(F)cc(N5CCOCC5)c4)cc3F)c3c2C(=O)NC3)[nH]1. The van der Waals surface area contributed by atoms with E-state index < -0.39 is 17.5 Å². The fourth-order valence-electron chi connectivity index (χ4n) is 5.07. The van der Waals surface area contributed by atoms with Crippen LogP contribution in [0.5, 0.6) is 0 Å². The molecule has 0 spiro atoms. The molecule has 2 aliphatic heterocycles. The second-order valence-corrected chi connectivity index (χ2v) is 9.56. The summed E-state index contributed by atoms with van der Waals surface area (Å²) in [6, 6.07) is 12.0. The number of fused-ring (bicyclic) bond motifs is 1. The second-order valence-electron chi connectivity index (χ2n) is 9.56. The maximum atomic E-state index is 15.4. The minimum atomic E-state index is -0.566. The van der Waals surface area contributed by atoms with Crippen LogP contribution in [0.1, 0.15) is 32.0 Å². The van der Waals surface area contributed by atoms with Gasteiger partial charge >= 0.3 is 0 Å². The van der Waals surface area contributed by atoms with Gasteiger partial charge in [-0.05, 0) is 60.5 Å². The normalized spacial score (nSPS) is 14.7. The number of carbonyl (C=O) groups is 2. The molecule has 0 radical (unpaired) electrons. The molecule has 0 unspecified atom stereocenters. The van der Waals surface area contributed by atoms with Crippen molar-refractivity contribution in [3.05, 3.63) is 88.7 Å². The lowest BCUT2D eigenvalue weighted by Crippen LogP contribution is -2.36. The molecule has 10 heteroatoms.